The van der Waals surface area contributed by atoms with Gasteiger partial charge in [0.1, 0.15) is 0 Å². The third-order valence-corrected chi connectivity index (χ3v) is 2.74. The number of hydrogen-bond donors (Lipinski definition) is 0. The van der Waals surface area contributed by atoms with Gasteiger partial charge in [0.25, 0.3) is 0 Å². The summed E-state index contributed by atoms with van der Waals surface area (Å²) < 4.78 is 10.4. The molecule has 5 nitrogen and oxygen atoms in total. The van der Waals surface area contributed by atoms with Crippen molar-refractivity contribution < 1.29 is 9.26 Å². The largest absolute Gasteiger partial charge is 0.381 e. The van der Waals surface area contributed by atoms with Gasteiger partial charge in [-0.2, -0.15) is 10.2 Å². The minimum atomic E-state index is 0.262. The number of rotatable bonds is 4. The number of ether oxygens (including phenoxy) is 1. The van der Waals surface area contributed by atoms with Crippen molar-refractivity contribution in [1.82, 2.24) is 10.1 Å². The molecule has 0 spiro atoms. The molecule has 2 atom stereocenters. The topological polar surface area (TPSA) is 71.9 Å². The molecule has 0 saturated carbocycles. The van der Waals surface area contributed by atoms with E-state index in [4.69, 9.17) is 14.5 Å². The SMILES string of the molecule is CC(CC#N)Cc1nc(C2CCOC2)no1. The molecule has 1 aromatic rings. The summed E-state index contributed by atoms with van der Waals surface area (Å²) in [5.41, 5.74) is 0. The Morgan fingerprint density at radius 2 is 2.50 bits per heavy atom. The molecular formula is C11H15N3O2. The van der Waals surface area contributed by atoms with E-state index in [1.54, 1.807) is 0 Å². The van der Waals surface area contributed by atoms with E-state index in [-0.39, 0.29) is 11.8 Å². The lowest BCUT2D eigenvalue weighted by Gasteiger charge is -2.01. The number of aromatic nitrogens is 2. The van der Waals surface area contributed by atoms with Crippen molar-refractivity contribution >= 4 is 0 Å². The Hall–Kier alpha value is -1.41. The molecule has 0 amide bonds. The van der Waals surface area contributed by atoms with Crippen LogP contribution in [0.15, 0.2) is 4.52 Å². The fraction of sp³-hybridized carbons (Fsp3) is 0.727. The predicted octanol–water partition coefficient (Wildman–Crippen LogP) is 1.67. The van der Waals surface area contributed by atoms with Gasteiger partial charge in [0, 0.05) is 25.4 Å². The number of hydrogen-bond acceptors (Lipinski definition) is 5. The average Bonchev–Trinajstić information content (AvgIpc) is 2.86. The highest BCUT2D eigenvalue weighted by molar-refractivity contribution is 4.98. The van der Waals surface area contributed by atoms with Crippen LogP contribution in [0, 0.1) is 17.2 Å². The van der Waals surface area contributed by atoms with E-state index in [1.807, 2.05) is 6.92 Å². The van der Waals surface area contributed by atoms with E-state index in [2.05, 4.69) is 16.2 Å². The van der Waals surface area contributed by atoms with Crippen LogP contribution in [-0.2, 0) is 11.2 Å². The third kappa shape index (κ3) is 2.58. The first kappa shape index (κ1) is 11.1. The molecule has 86 valence electrons. The molecule has 1 aliphatic heterocycles. The minimum absolute atomic E-state index is 0.262. The summed E-state index contributed by atoms with van der Waals surface area (Å²) in [6.45, 7) is 3.47. The Labute approximate surface area is 94.4 Å². The van der Waals surface area contributed by atoms with Crippen LogP contribution in [-0.4, -0.2) is 23.4 Å². The van der Waals surface area contributed by atoms with Gasteiger partial charge in [-0.1, -0.05) is 12.1 Å². The lowest BCUT2D eigenvalue weighted by atomic mass is 10.1. The second-order valence-corrected chi connectivity index (χ2v) is 4.28. The molecule has 2 heterocycles. The van der Waals surface area contributed by atoms with E-state index in [0.29, 0.717) is 25.3 Å². The highest BCUT2D eigenvalue weighted by Gasteiger charge is 2.23. The van der Waals surface area contributed by atoms with Crippen LogP contribution in [0.25, 0.3) is 0 Å². The van der Waals surface area contributed by atoms with Gasteiger partial charge < -0.3 is 9.26 Å². The summed E-state index contributed by atoms with van der Waals surface area (Å²) in [5.74, 6) is 1.92. The molecule has 2 rings (SSSR count). The van der Waals surface area contributed by atoms with Gasteiger partial charge in [-0.25, -0.2) is 0 Å². The van der Waals surface area contributed by atoms with E-state index in [9.17, 15) is 0 Å². The first-order chi connectivity index (χ1) is 7.79. The molecule has 1 aromatic heterocycles. The first-order valence-electron chi connectivity index (χ1n) is 5.56. The normalized spacial score (nSPS) is 21.9. The molecule has 0 bridgehead atoms. The molecule has 1 saturated heterocycles. The van der Waals surface area contributed by atoms with Gasteiger partial charge in [-0.3, -0.25) is 0 Å². The highest BCUT2D eigenvalue weighted by Crippen LogP contribution is 2.23. The first-order valence-corrected chi connectivity index (χ1v) is 5.56. The summed E-state index contributed by atoms with van der Waals surface area (Å²) >= 11 is 0. The lowest BCUT2D eigenvalue weighted by molar-refractivity contribution is 0.192. The second kappa shape index (κ2) is 5.08. The smallest absolute Gasteiger partial charge is 0.226 e. The third-order valence-electron chi connectivity index (χ3n) is 2.74. The Bertz CT molecular complexity index is 377. The van der Waals surface area contributed by atoms with Crippen molar-refractivity contribution in [1.29, 1.82) is 5.26 Å². The molecule has 1 aliphatic rings. The average molecular weight is 221 g/mol. The van der Waals surface area contributed by atoms with Crippen molar-refractivity contribution in [3.8, 4) is 6.07 Å². The monoisotopic (exact) mass is 221 g/mol. The Kier molecular flexibility index (Phi) is 3.52. The van der Waals surface area contributed by atoms with Crippen molar-refractivity contribution in [3.05, 3.63) is 11.7 Å². The maximum Gasteiger partial charge on any atom is 0.226 e. The zero-order valence-electron chi connectivity index (χ0n) is 9.35. The van der Waals surface area contributed by atoms with Crippen LogP contribution in [0.2, 0.25) is 0 Å². The fourth-order valence-electron chi connectivity index (χ4n) is 1.78. The minimum Gasteiger partial charge on any atom is -0.381 e. The lowest BCUT2D eigenvalue weighted by Crippen LogP contribution is -2.02. The van der Waals surface area contributed by atoms with E-state index < -0.39 is 0 Å². The zero-order valence-corrected chi connectivity index (χ0v) is 9.35. The molecule has 1 fully saturated rings. The Balaban J connectivity index is 1.94. The van der Waals surface area contributed by atoms with Crippen LogP contribution in [0.3, 0.4) is 0 Å². The Morgan fingerprint density at radius 1 is 1.62 bits per heavy atom. The molecule has 5 heteroatoms. The molecule has 0 radical (unpaired) electrons. The van der Waals surface area contributed by atoms with Crippen LogP contribution in [0.1, 0.15) is 37.4 Å². The van der Waals surface area contributed by atoms with E-state index in [0.717, 1.165) is 18.9 Å². The van der Waals surface area contributed by atoms with Gasteiger partial charge in [0.2, 0.25) is 5.89 Å². The van der Waals surface area contributed by atoms with Crippen molar-refractivity contribution in [2.24, 2.45) is 5.92 Å². The zero-order chi connectivity index (χ0) is 11.4. The maximum atomic E-state index is 8.56. The highest BCUT2D eigenvalue weighted by atomic mass is 16.5. The van der Waals surface area contributed by atoms with Gasteiger partial charge in [-0.15, -0.1) is 0 Å². The summed E-state index contributed by atoms with van der Waals surface area (Å²) in [6.07, 6.45) is 2.16. The van der Waals surface area contributed by atoms with E-state index >= 15 is 0 Å². The molecule has 0 aromatic carbocycles. The fourth-order valence-corrected chi connectivity index (χ4v) is 1.78. The summed E-state index contributed by atoms with van der Waals surface area (Å²) in [4.78, 5) is 4.35. The van der Waals surface area contributed by atoms with Crippen molar-refractivity contribution in [2.75, 3.05) is 13.2 Å². The Morgan fingerprint density at radius 3 is 3.19 bits per heavy atom. The quantitative estimate of drug-likeness (QED) is 0.773. The van der Waals surface area contributed by atoms with Gasteiger partial charge in [0.05, 0.1) is 12.7 Å². The summed E-state index contributed by atoms with van der Waals surface area (Å²) in [6, 6.07) is 2.14. The molecule has 2 unspecified atom stereocenters. The number of nitriles is 1. The van der Waals surface area contributed by atoms with E-state index in [1.165, 1.54) is 0 Å². The summed E-state index contributed by atoms with van der Waals surface area (Å²) in [5, 5.41) is 12.5. The second-order valence-electron chi connectivity index (χ2n) is 4.28. The maximum absolute atomic E-state index is 8.56. The van der Waals surface area contributed by atoms with Crippen molar-refractivity contribution in [2.45, 2.75) is 32.1 Å². The van der Waals surface area contributed by atoms with Gasteiger partial charge >= 0.3 is 0 Å². The van der Waals surface area contributed by atoms with Crippen LogP contribution < -0.4 is 0 Å². The van der Waals surface area contributed by atoms with Gasteiger partial charge in [0.15, 0.2) is 5.82 Å². The van der Waals surface area contributed by atoms with Gasteiger partial charge in [-0.05, 0) is 12.3 Å². The molecule has 16 heavy (non-hydrogen) atoms. The van der Waals surface area contributed by atoms with Crippen molar-refractivity contribution in [3.63, 3.8) is 0 Å². The summed E-state index contributed by atoms with van der Waals surface area (Å²) in [7, 11) is 0. The van der Waals surface area contributed by atoms with Crippen LogP contribution in [0.5, 0.6) is 0 Å². The standard InChI is InChI=1S/C11H15N3O2/c1-8(2-4-12)6-10-13-11(14-16-10)9-3-5-15-7-9/h8-9H,2-3,5-7H2,1H3. The number of nitrogens with zero attached hydrogens (tertiary/aromatic N) is 3. The predicted molar refractivity (Wildman–Crippen MR) is 55.6 cm³/mol. The van der Waals surface area contributed by atoms with Crippen LogP contribution >= 0.6 is 0 Å². The molecular weight excluding hydrogens is 206 g/mol. The molecule has 0 N–H and O–H groups in total. The molecule has 0 aliphatic carbocycles. The van der Waals surface area contributed by atoms with Crippen LogP contribution in [0.4, 0.5) is 0 Å².